The van der Waals surface area contributed by atoms with E-state index < -0.39 is 0 Å². The van der Waals surface area contributed by atoms with E-state index >= 15 is 0 Å². The van der Waals surface area contributed by atoms with Crippen LogP contribution in [0.1, 0.15) is 43.5 Å². The summed E-state index contributed by atoms with van der Waals surface area (Å²) in [6, 6.07) is 11.8. The highest BCUT2D eigenvalue weighted by Gasteiger charge is 2.14. The van der Waals surface area contributed by atoms with Gasteiger partial charge in [-0.2, -0.15) is 0 Å². The van der Waals surface area contributed by atoms with Crippen LogP contribution < -0.4 is 10.2 Å². The van der Waals surface area contributed by atoms with E-state index in [2.05, 4.69) is 41.0 Å². The minimum Gasteiger partial charge on any atom is -0.351 e. The number of nitrogens with zero attached hydrogens (tertiary/aromatic N) is 3. The van der Waals surface area contributed by atoms with E-state index in [4.69, 9.17) is 0 Å². The summed E-state index contributed by atoms with van der Waals surface area (Å²) >= 11 is 0. The Labute approximate surface area is 144 Å². The van der Waals surface area contributed by atoms with Crippen molar-refractivity contribution in [1.82, 2.24) is 15.3 Å². The Bertz CT molecular complexity index is 670. The molecule has 0 saturated carbocycles. The predicted octanol–water partition coefficient (Wildman–Crippen LogP) is 3.72. The highest BCUT2D eigenvalue weighted by atomic mass is 16.1. The third-order valence-corrected chi connectivity index (χ3v) is 3.72. The first kappa shape index (κ1) is 17.9. The van der Waals surface area contributed by atoms with Gasteiger partial charge in [-0.25, -0.2) is 9.97 Å². The molecule has 1 heterocycles. The van der Waals surface area contributed by atoms with Crippen LogP contribution in [0.25, 0.3) is 0 Å². The highest BCUT2D eigenvalue weighted by molar-refractivity contribution is 5.93. The van der Waals surface area contributed by atoms with Crippen molar-refractivity contribution in [3.8, 4) is 0 Å². The molecule has 0 fully saturated rings. The molecule has 1 N–H and O–H groups in total. The van der Waals surface area contributed by atoms with Crippen LogP contribution >= 0.6 is 0 Å². The first-order valence-corrected chi connectivity index (χ1v) is 8.47. The average molecular weight is 326 g/mol. The zero-order valence-corrected chi connectivity index (χ0v) is 14.9. The van der Waals surface area contributed by atoms with Crippen molar-refractivity contribution >= 4 is 17.4 Å². The van der Waals surface area contributed by atoms with Gasteiger partial charge in [0.2, 0.25) is 0 Å². The number of aryl methyl sites for hydroxylation is 1. The molecule has 5 nitrogen and oxygen atoms in total. The van der Waals surface area contributed by atoms with Crippen molar-refractivity contribution in [3.63, 3.8) is 0 Å². The molecule has 24 heavy (non-hydrogen) atoms. The summed E-state index contributed by atoms with van der Waals surface area (Å²) in [6.07, 6.45) is 0.952. The van der Waals surface area contributed by atoms with Crippen LogP contribution in [0.15, 0.2) is 36.4 Å². The quantitative estimate of drug-likeness (QED) is 0.842. The summed E-state index contributed by atoms with van der Waals surface area (Å²) in [5.74, 6) is 1.74. The van der Waals surface area contributed by atoms with Gasteiger partial charge in [-0.15, -0.1) is 0 Å². The summed E-state index contributed by atoms with van der Waals surface area (Å²) in [5.41, 5.74) is 1.46. The van der Waals surface area contributed by atoms with Crippen molar-refractivity contribution in [3.05, 3.63) is 47.9 Å². The Kier molecular flexibility index (Phi) is 6.29. The molecule has 0 aliphatic carbocycles. The molecule has 0 aliphatic heterocycles. The van der Waals surface area contributed by atoms with E-state index in [-0.39, 0.29) is 5.91 Å². The lowest BCUT2D eigenvalue weighted by atomic mass is 10.1. The molecule has 0 aliphatic rings. The molecule has 1 amide bonds. The van der Waals surface area contributed by atoms with Crippen LogP contribution in [-0.2, 0) is 0 Å². The van der Waals surface area contributed by atoms with E-state index in [0.717, 1.165) is 24.5 Å². The average Bonchev–Trinajstić information content (AvgIpc) is 2.55. The SMILES string of the molecule is CCN(c1ccccc1)c1cc(C(=O)NCCC(C)C)nc(C)n1. The molecule has 128 valence electrons. The van der Waals surface area contributed by atoms with E-state index in [1.807, 2.05) is 37.3 Å². The largest absolute Gasteiger partial charge is 0.351 e. The van der Waals surface area contributed by atoms with Crippen LogP contribution in [0.4, 0.5) is 11.5 Å². The highest BCUT2D eigenvalue weighted by Crippen LogP contribution is 2.23. The van der Waals surface area contributed by atoms with Gasteiger partial charge < -0.3 is 10.2 Å². The van der Waals surface area contributed by atoms with Gasteiger partial charge in [0.1, 0.15) is 17.3 Å². The number of benzene rings is 1. The molecule has 1 aromatic carbocycles. The van der Waals surface area contributed by atoms with Crippen molar-refractivity contribution < 1.29 is 4.79 Å². The Morgan fingerprint density at radius 2 is 1.92 bits per heavy atom. The molecule has 0 spiro atoms. The van der Waals surface area contributed by atoms with Crippen LogP contribution in [0.2, 0.25) is 0 Å². The number of aromatic nitrogens is 2. The second-order valence-corrected chi connectivity index (χ2v) is 6.18. The lowest BCUT2D eigenvalue weighted by molar-refractivity contribution is 0.0946. The Morgan fingerprint density at radius 3 is 2.54 bits per heavy atom. The van der Waals surface area contributed by atoms with Crippen LogP contribution in [-0.4, -0.2) is 29.0 Å². The number of carbonyl (C=O) groups is 1. The zero-order valence-electron chi connectivity index (χ0n) is 14.9. The third-order valence-electron chi connectivity index (χ3n) is 3.72. The Morgan fingerprint density at radius 1 is 1.21 bits per heavy atom. The monoisotopic (exact) mass is 326 g/mol. The van der Waals surface area contributed by atoms with Gasteiger partial charge in [-0.05, 0) is 38.3 Å². The van der Waals surface area contributed by atoms with Crippen molar-refractivity contribution in [1.29, 1.82) is 0 Å². The molecule has 0 radical (unpaired) electrons. The molecule has 0 bridgehead atoms. The Hall–Kier alpha value is -2.43. The standard InChI is InChI=1S/C19H26N4O/c1-5-23(16-9-7-6-8-10-16)18-13-17(21-15(4)22-18)19(24)20-12-11-14(2)3/h6-10,13-14H,5,11-12H2,1-4H3,(H,20,24). The molecule has 0 unspecified atom stereocenters. The maximum Gasteiger partial charge on any atom is 0.270 e. The van der Waals surface area contributed by atoms with E-state index in [1.54, 1.807) is 6.07 Å². The minimum atomic E-state index is -0.147. The number of hydrogen-bond donors (Lipinski definition) is 1. The summed E-state index contributed by atoms with van der Waals surface area (Å²) in [4.78, 5) is 23.2. The summed E-state index contributed by atoms with van der Waals surface area (Å²) in [6.45, 7) is 9.57. The van der Waals surface area contributed by atoms with Gasteiger partial charge in [-0.1, -0.05) is 32.0 Å². The van der Waals surface area contributed by atoms with Gasteiger partial charge in [0.05, 0.1) is 0 Å². The smallest absolute Gasteiger partial charge is 0.270 e. The molecular formula is C19H26N4O. The van der Waals surface area contributed by atoms with Gasteiger partial charge in [0.25, 0.3) is 5.91 Å². The van der Waals surface area contributed by atoms with Gasteiger partial charge >= 0.3 is 0 Å². The van der Waals surface area contributed by atoms with Gasteiger partial charge in [0, 0.05) is 24.8 Å². The number of rotatable bonds is 7. The van der Waals surface area contributed by atoms with Crippen molar-refractivity contribution in [2.75, 3.05) is 18.0 Å². The summed E-state index contributed by atoms with van der Waals surface area (Å²) < 4.78 is 0. The summed E-state index contributed by atoms with van der Waals surface area (Å²) in [5, 5.41) is 2.93. The van der Waals surface area contributed by atoms with E-state index in [9.17, 15) is 4.79 Å². The van der Waals surface area contributed by atoms with Crippen molar-refractivity contribution in [2.45, 2.75) is 34.1 Å². The lowest BCUT2D eigenvalue weighted by Gasteiger charge is -2.22. The second kappa shape index (κ2) is 8.43. The number of nitrogens with one attached hydrogen (secondary N) is 1. The molecule has 2 rings (SSSR count). The molecule has 1 aromatic heterocycles. The lowest BCUT2D eigenvalue weighted by Crippen LogP contribution is -2.27. The first-order chi connectivity index (χ1) is 11.5. The van der Waals surface area contributed by atoms with Gasteiger partial charge in [0.15, 0.2) is 0 Å². The Balaban J connectivity index is 2.22. The maximum absolute atomic E-state index is 12.4. The molecular weight excluding hydrogens is 300 g/mol. The number of hydrogen-bond acceptors (Lipinski definition) is 4. The van der Waals surface area contributed by atoms with Crippen LogP contribution in [0.5, 0.6) is 0 Å². The van der Waals surface area contributed by atoms with E-state index in [1.165, 1.54) is 0 Å². The molecule has 0 saturated heterocycles. The number of para-hydroxylation sites is 1. The maximum atomic E-state index is 12.4. The fourth-order valence-corrected chi connectivity index (χ4v) is 2.46. The molecule has 2 aromatic rings. The zero-order chi connectivity index (χ0) is 17.5. The number of amides is 1. The van der Waals surface area contributed by atoms with Gasteiger partial charge in [-0.3, -0.25) is 4.79 Å². The van der Waals surface area contributed by atoms with Crippen LogP contribution in [0.3, 0.4) is 0 Å². The minimum absolute atomic E-state index is 0.147. The fourth-order valence-electron chi connectivity index (χ4n) is 2.46. The number of anilines is 2. The fraction of sp³-hybridized carbons (Fsp3) is 0.421. The third kappa shape index (κ3) is 4.78. The second-order valence-electron chi connectivity index (χ2n) is 6.18. The summed E-state index contributed by atoms with van der Waals surface area (Å²) in [7, 11) is 0. The molecule has 0 atom stereocenters. The topological polar surface area (TPSA) is 58.1 Å². The normalized spacial score (nSPS) is 10.7. The first-order valence-electron chi connectivity index (χ1n) is 8.47. The number of carbonyl (C=O) groups excluding carboxylic acids is 1. The van der Waals surface area contributed by atoms with Crippen LogP contribution in [0, 0.1) is 12.8 Å². The molecule has 5 heteroatoms. The van der Waals surface area contributed by atoms with Crippen molar-refractivity contribution in [2.24, 2.45) is 5.92 Å². The van der Waals surface area contributed by atoms with E-state index in [0.29, 0.717) is 24.0 Å². The predicted molar refractivity (Wildman–Crippen MR) is 97.7 cm³/mol.